The van der Waals surface area contributed by atoms with E-state index in [1.54, 1.807) is 12.4 Å². The van der Waals surface area contributed by atoms with Gasteiger partial charge in [-0.05, 0) is 36.4 Å². The largest absolute Gasteiger partial charge is 0.369 e. The van der Waals surface area contributed by atoms with Crippen molar-refractivity contribution in [2.75, 3.05) is 11.9 Å². The van der Waals surface area contributed by atoms with Crippen molar-refractivity contribution in [2.45, 2.75) is 13.8 Å². The zero-order chi connectivity index (χ0) is 11.5. The number of halogens is 1. The van der Waals surface area contributed by atoms with Crippen molar-refractivity contribution >= 4 is 28.4 Å². The molecule has 0 fully saturated rings. The minimum Gasteiger partial charge on any atom is -0.369 e. The molecule has 0 saturated carbocycles. The molecule has 2 aromatic rings. The second-order valence-corrected chi connectivity index (χ2v) is 4.34. The van der Waals surface area contributed by atoms with Crippen LogP contribution in [0.3, 0.4) is 0 Å². The summed E-state index contributed by atoms with van der Waals surface area (Å²) in [6, 6.07) is 0. The average Bonchev–Trinajstić information content (AvgIpc) is 2.78. The Bertz CT molecular complexity index is 480. The van der Waals surface area contributed by atoms with Crippen molar-refractivity contribution in [1.82, 2.24) is 19.9 Å². The zero-order valence-corrected chi connectivity index (χ0v) is 11.2. The molecule has 2 N–H and O–H groups in total. The minimum atomic E-state index is 0.624. The summed E-state index contributed by atoms with van der Waals surface area (Å²) in [5.74, 6) is 2.18. The Morgan fingerprint density at radius 1 is 1.44 bits per heavy atom. The fraction of sp³-hybridized carbons (Fsp3) is 0.300. The molecule has 0 aliphatic carbocycles. The second-order valence-electron chi connectivity index (χ2n) is 3.26. The molecule has 0 spiro atoms. The van der Waals surface area contributed by atoms with Gasteiger partial charge in [0.1, 0.15) is 5.82 Å². The second kappa shape index (κ2) is 4.77. The lowest BCUT2D eigenvalue weighted by Gasteiger charge is -2.08. The highest BCUT2D eigenvalue weighted by atomic mass is 127. The maximum absolute atomic E-state index is 4.44. The van der Waals surface area contributed by atoms with Crippen LogP contribution in [0.5, 0.6) is 0 Å². The van der Waals surface area contributed by atoms with Crippen molar-refractivity contribution in [3.63, 3.8) is 0 Å². The van der Waals surface area contributed by atoms with Crippen molar-refractivity contribution in [3.05, 3.63) is 21.7 Å². The molecule has 0 amide bonds. The molecule has 16 heavy (non-hydrogen) atoms. The van der Waals surface area contributed by atoms with Gasteiger partial charge in [0, 0.05) is 18.9 Å². The maximum Gasteiger partial charge on any atom is 0.197 e. The highest BCUT2D eigenvalue weighted by Crippen LogP contribution is 2.21. The van der Waals surface area contributed by atoms with Crippen LogP contribution in [-0.2, 0) is 0 Å². The van der Waals surface area contributed by atoms with Gasteiger partial charge < -0.3 is 10.3 Å². The third-order valence-electron chi connectivity index (χ3n) is 2.07. The van der Waals surface area contributed by atoms with Gasteiger partial charge in [-0.1, -0.05) is 0 Å². The molecule has 2 rings (SSSR count). The van der Waals surface area contributed by atoms with E-state index < -0.39 is 0 Å². The van der Waals surface area contributed by atoms with Crippen molar-refractivity contribution in [3.8, 4) is 11.6 Å². The van der Waals surface area contributed by atoms with Crippen LogP contribution in [0.2, 0.25) is 0 Å². The molecule has 0 unspecified atom stereocenters. The number of H-pyrrole nitrogens is 1. The van der Waals surface area contributed by atoms with E-state index in [0.29, 0.717) is 11.6 Å². The highest BCUT2D eigenvalue weighted by Gasteiger charge is 2.11. The van der Waals surface area contributed by atoms with E-state index in [2.05, 4.69) is 47.8 Å². The third kappa shape index (κ3) is 2.16. The highest BCUT2D eigenvalue weighted by molar-refractivity contribution is 14.1. The Hall–Kier alpha value is -1.18. The lowest BCUT2D eigenvalue weighted by Crippen LogP contribution is -2.06. The molecule has 84 valence electrons. The van der Waals surface area contributed by atoms with E-state index in [9.17, 15) is 0 Å². The number of nitrogens with one attached hydrogen (secondary N) is 2. The molecule has 0 atom stereocenters. The Morgan fingerprint density at radius 3 is 2.88 bits per heavy atom. The molecule has 6 heteroatoms. The third-order valence-corrected chi connectivity index (χ3v) is 3.36. The van der Waals surface area contributed by atoms with Gasteiger partial charge in [0.05, 0.1) is 9.26 Å². The summed E-state index contributed by atoms with van der Waals surface area (Å²) in [5, 5.41) is 3.22. The van der Waals surface area contributed by atoms with Crippen LogP contribution in [0.25, 0.3) is 11.6 Å². The van der Waals surface area contributed by atoms with Gasteiger partial charge in [0.15, 0.2) is 11.6 Å². The normalized spacial score (nSPS) is 10.4. The zero-order valence-electron chi connectivity index (χ0n) is 9.08. The van der Waals surface area contributed by atoms with Crippen LogP contribution in [0.15, 0.2) is 12.4 Å². The first-order chi connectivity index (χ1) is 7.72. The fourth-order valence-corrected chi connectivity index (χ4v) is 1.77. The minimum absolute atomic E-state index is 0.624. The van der Waals surface area contributed by atoms with Crippen LogP contribution in [-0.4, -0.2) is 26.5 Å². The van der Waals surface area contributed by atoms with E-state index in [4.69, 9.17) is 0 Å². The van der Waals surface area contributed by atoms with Gasteiger partial charge in [0.2, 0.25) is 0 Å². The first-order valence-electron chi connectivity index (χ1n) is 5.00. The molecule has 2 heterocycles. The quantitative estimate of drug-likeness (QED) is 0.848. The van der Waals surface area contributed by atoms with E-state index >= 15 is 0 Å². The monoisotopic (exact) mass is 329 g/mol. The van der Waals surface area contributed by atoms with Gasteiger partial charge in [0.25, 0.3) is 0 Å². The molecule has 0 bridgehead atoms. The van der Waals surface area contributed by atoms with Crippen LogP contribution < -0.4 is 5.32 Å². The summed E-state index contributed by atoms with van der Waals surface area (Å²) in [6.07, 6.45) is 3.46. The molecule has 0 aromatic carbocycles. The predicted octanol–water partition coefficient (Wildman–Crippen LogP) is 2.21. The van der Waals surface area contributed by atoms with E-state index in [0.717, 1.165) is 21.6 Å². The molecule has 0 aliphatic heterocycles. The van der Waals surface area contributed by atoms with Gasteiger partial charge >= 0.3 is 0 Å². The number of rotatable bonds is 3. The first-order valence-corrected chi connectivity index (χ1v) is 6.08. The molecule has 2 aromatic heterocycles. The van der Waals surface area contributed by atoms with E-state index in [1.807, 2.05) is 13.8 Å². The maximum atomic E-state index is 4.44. The van der Waals surface area contributed by atoms with Gasteiger partial charge in [-0.2, -0.15) is 0 Å². The first kappa shape index (κ1) is 11.3. The summed E-state index contributed by atoms with van der Waals surface area (Å²) >= 11 is 2.24. The molecule has 0 saturated heterocycles. The Kier molecular flexibility index (Phi) is 3.37. The summed E-state index contributed by atoms with van der Waals surface area (Å²) in [4.78, 5) is 16.0. The van der Waals surface area contributed by atoms with Crippen molar-refractivity contribution < 1.29 is 0 Å². The smallest absolute Gasteiger partial charge is 0.197 e. The number of aromatic amines is 1. The number of aromatic nitrogens is 4. The summed E-state index contributed by atoms with van der Waals surface area (Å²) in [6.45, 7) is 4.85. The lowest BCUT2D eigenvalue weighted by atomic mass is 10.4. The topological polar surface area (TPSA) is 66.5 Å². The summed E-state index contributed by atoms with van der Waals surface area (Å²) in [5.41, 5.74) is 0.956. The van der Waals surface area contributed by atoms with Crippen LogP contribution in [0.1, 0.15) is 12.6 Å². The predicted molar refractivity (Wildman–Crippen MR) is 71.2 cm³/mol. The van der Waals surface area contributed by atoms with Gasteiger partial charge in [-0.3, -0.25) is 0 Å². The van der Waals surface area contributed by atoms with Gasteiger partial charge in [-0.15, -0.1) is 0 Å². The van der Waals surface area contributed by atoms with Gasteiger partial charge in [-0.25, -0.2) is 15.0 Å². The van der Waals surface area contributed by atoms with Crippen molar-refractivity contribution in [2.24, 2.45) is 0 Å². The average molecular weight is 329 g/mol. The van der Waals surface area contributed by atoms with Crippen molar-refractivity contribution in [1.29, 1.82) is 0 Å². The Labute approximate surface area is 107 Å². The Balaban J connectivity index is 2.48. The summed E-state index contributed by atoms with van der Waals surface area (Å²) in [7, 11) is 0. The number of anilines is 1. The molecule has 0 aliphatic rings. The van der Waals surface area contributed by atoms with E-state index in [-0.39, 0.29) is 0 Å². The van der Waals surface area contributed by atoms with Crippen LogP contribution >= 0.6 is 22.6 Å². The number of hydrogen-bond acceptors (Lipinski definition) is 4. The summed E-state index contributed by atoms with van der Waals surface area (Å²) < 4.78 is 1.05. The number of imidazole rings is 1. The number of aryl methyl sites for hydroxylation is 1. The van der Waals surface area contributed by atoms with Crippen LogP contribution in [0.4, 0.5) is 5.82 Å². The fourth-order valence-electron chi connectivity index (χ4n) is 1.34. The molecule has 5 nitrogen and oxygen atoms in total. The number of hydrogen-bond donors (Lipinski definition) is 2. The molecular weight excluding hydrogens is 317 g/mol. The van der Waals surface area contributed by atoms with E-state index in [1.165, 1.54) is 0 Å². The molecular formula is C10H12IN5. The standard InChI is InChI=1S/C10H12IN5/c1-3-12-8-7(11)6(2)15-10(16-8)9-13-4-5-14-9/h4-5H,3H2,1-2H3,(H,13,14)(H,12,15,16). The van der Waals surface area contributed by atoms with Crippen LogP contribution in [0, 0.1) is 10.5 Å². The molecule has 0 radical (unpaired) electrons. The Morgan fingerprint density at radius 2 is 2.25 bits per heavy atom. The number of nitrogens with zero attached hydrogens (tertiary/aromatic N) is 3. The SMILES string of the molecule is CCNc1nc(-c2ncc[nH]2)nc(C)c1I. The lowest BCUT2D eigenvalue weighted by molar-refractivity contribution is 1.04.